The molecule has 0 spiro atoms. The molecule has 0 radical (unpaired) electrons. The van der Waals surface area contributed by atoms with Crippen LogP contribution in [0.2, 0.25) is 0 Å². The molecule has 2 nitrogen and oxygen atoms in total. The van der Waals surface area contributed by atoms with Gasteiger partial charge in [-0.1, -0.05) is 30.3 Å². The Morgan fingerprint density at radius 2 is 1.71 bits per heavy atom. The highest BCUT2D eigenvalue weighted by Gasteiger charge is 2.27. The Morgan fingerprint density at radius 1 is 0.833 bits per heavy atom. The zero-order chi connectivity index (χ0) is 16.1. The molecule has 0 bridgehead atoms. The molecule has 1 aliphatic rings. The van der Waals surface area contributed by atoms with E-state index < -0.39 is 0 Å². The number of benzene rings is 3. The molecule has 1 aromatic heterocycles. The second-order valence-corrected chi connectivity index (χ2v) is 6.31. The summed E-state index contributed by atoms with van der Waals surface area (Å²) in [6, 6.07) is 21.3. The van der Waals surface area contributed by atoms with Crippen molar-refractivity contribution >= 4 is 21.7 Å². The number of methoxy groups -OCH3 is 1. The molecule has 0 atom stereocenters. The van der Waals surface area contributed by atoms with E-state index in [1.807, 2.05) is 6.07 Å². The second-order valence-electron chi connectivity index (χ2n) is 6.31. The van der Waals surface area contributed by atoms with Crippen LogP contribution in [0, 0.1) is 0 Å². The van der Waals surface area contributed by atoms with Crippen LogP contribution in [-0.2, 0) is 12.8 Å². The van der Waals surface area contributed by atoms with Gasteiger partial charge in [0.2, 0.25) is 0 Å². The van der Waals surface area contributed by atoms with Gasteiger partial charge >= 0.3 is 11.3 Å². The van der Waals surface area contributed by atoms with Gasteiger partial charge in [-0.15, -0.1) is 0 Å². The SMILES string of the molecule is COc1ccc2c(c1)CCc1[o+]c3c(ccc4ccccc43)cc1-2. The predicted molar refractivity (Wildman–Crippen MR) is 97.5 cm³/mol. The van der Waals surface area contributed by atoms with Crippen LogP contribution in [0.4, 0.5) is 0 Å². The van der Waals surface area contributed by atoms with E-state index in [-0.39, 0.29) is 0 Å². The summed E-state index contributed by atoms with van der Waals surface area (Å²) in [6.45, 7) is 0. The monoisotopic (exact) mass is 313 g/mol. The Balaban J connectivity index is 1.79. The summed E-state index contributed by atoms with van der Waals surface area (Å²) >= 11 is 0. The third kappa shape index (κ3) is 1.93. The van der Waals surface area contributed by atoms with Gasteiger partial charge in [0, 0.05) is 0 Å². The van der Waals surface area contributed by atoms with Gasteiger partial charge in [-0.2, -0.15) is 0 Å². The Morgan fingerprint density at radius 3 is 2.62 bits per heavy atom. The summed E-state index contributed by atoms with van der Waals surface area (Å²) in [4.78, 5) is 0. The molecule has 5 rings (SSSR count). The fourth-order valence-electron chi connectivity index (χ4n) is 3.73. The lowest BCUT2D eigenvalue weighted by molar-refractivity contribution is 0.414. The zero-order valence-corrected chi connectivity index (χ0v) is 13.5. The maximum atomic E-state index is 6.38. The van der Waals surface area contributed by atoms with E-state index >= 15 is 0 Å². The third-order valence-corrected chi connectivity index (χ3v) is 4.96. The maximum absolute atomic E-state index is 6.38. The number of rotatable bonds is 1. The number of fused-ring (bicyclic) bond motifs is 6. The molecule has 116 valence electrons. The van der Waals surface area contributed by atoms with Gasteiger partial charge in [0.1, 0.15) is 5.75 Å². The lowest BCUT2D eigenvalue weighted by Gasteiger charge is -2.15. The fourth-order valence-corrected chi connectivity index (χ4v) is 3.73. The van der Waals surface area contributed by atoms with Crippen LogP contribution in [0.25, 0.3) is 32.9 Å². The first-order valence-corrected chi connectivity index (χ1v) is 8.28. The van der Waals surface area contributed by atoms with E-state index in [0.29, 0.717) is 0 Å². The summed E-state index contributed by atoms with van der Waals surface area (Å²) in [5, 5.41) is 3.55. The molecule has 3 aromatic carbocycles. The molecule has 4 aromatic rings. The van der Waals surface area contributed by atoms with Crippen LogP contribution < -0.4 is 4.74 Å². The lowest BCUT2D eigenvalue weighted by atomic mass is 9.88. The number of hydrogen-bond donors (Lipinski definition) is 0. The minimum Gasteiger partial charge on any atom is -0.497 e. The average molecular weight is 313 g/mol. The Labute approximate surface area is 140 Å². The molecule has 0 saturated heterocycles. The molecule has 0 fully saturated rings. The summed E-state index contributed by atoms with van der Waals surface area (Å²) in [7, 11) is 1.71. The van der Waals surface area contributed by atoms with Crippen molar-refractivity contribution in [3.8, 4) is 16.9 Å². The van der Waals surface area contributed by atoms with E-state index in [0.717, 1.165) is 35.3 Å². The molecule has 1 aliphatic carbocycles. The largest absolute Gasteiger partial charge is 0.497 e. The molecule has 0 aliphatic heterocycles. The molecule has 2 heteroatoms. The van der Waals surface area contributed by atoms with E-state index in [1.54, 1.807) is 7.11 Å². The third-order valence-electron chi connectivity index (χ3n) is 4.96. The van der Waals surface area contributed by atoms with Crippen LogP contribution in [-0.4, -0.2) is 7.11 Å². The number of ether oxygens (including phenoxy) is 1. The van der Waals surface area contributed by atoms with Gasteiger partial charge in [0.05, 0.1) is 29.9 Å². The lowest BCUT2D eigenvalue weighted by Crippen LogP contribution is -2.04. The molecular formula is C22H17O2+. The maximum Gasteiger partial charge on any atom is 0.367 e. The first kappa shape index (κ1) is 13.6. The highest BCUT2D eigenvalue weighted by molar-refractivity contribution is 6.05. The zero-order valence-electron chi connectivity index (χ0n) is 13.5. The van der Waals surface area contributed by atoms with Crippen molar-refractivity contribution < 1.29 is 9.15 Å². The molecule has 0 saturated carbocycles. The van der Waals surface area contributed by atoms with Gasteiger partial charge in [0.15, 0.2) is 0 Å². The molecule has 0 unspecified atom stereocenters. The van der Waals surface area contributed by atoms with Gasteiger partial charge in [-0.25, -0.2) is 4.42 Å². The average Bonchev–Trinajstić information content (AvgIpc) is 2.65. The van der Waals surface area contributed by atoms with Gasteiger partial charge in [-0.3, -0.25) is 0 Å². The van der Waals surface area contributed by atoms with Crippen molar-refractivity contribution in [3.05, 3.63) is 72.0 Å². The van der Waals surface area contributed by atoms with Crippen molar-refractivity contribution in [1.29, 1.82) is 0 Å². The van der Waals surface area contributed by atoms with E-state index in [4.69, 9.17) is 9.15 Å². The van der Waals surface area contributed by atoms with Gasteiger partial charge in [-0.05, 0) is 53.3 Å². The Kier molecular flexibility index (Phi) is 2.86. The van der Waals surface area contributed by atoms with E-state index in [1.165, 1.54) is 27.5 Å². The fraction of sp³-hybridized carbons (Fsp3) is 0.136. The summed E-state index contributed by atoms with van der Waals surface area (Å²) in [5.41, 5.74) is 4.79. The first-order valence-electron chi connectivity index (χ1n) is 8.28. The van der Waals surface area contributed by atoms with Crippen molar-refractivity contribution in [2.24, 2.45) is 0 Å². The molecule has 0 N–H and O–H groups in total. The Hall–Kier alpha value is -2.87. The summed E-state index contributed by atoms with van der Waals surface area (Å²) in [5.74, 6) is 2.00. The summed E-state index contributed by atoms with van der Waals surface area (Å²) < 4.78 is 11.7. The molecular weight excluding hydrogens is 296 g/mol. The number of hydrogen-bond acceptors (Lipinski definition) is 1. The van der Waals surface area contributed by atoms with E-state index in [2.05, 4.69) is 54.6 Å². The highest BCUT2D eigenvalue weighted by atomic mass is 16.5. The quantitative estimate of drug-likeness (QED) is 0.335. The molecule has 24 heavy (non-hydrogen) atoms. The normalized spacial score (nSPS) is 12.9. The van der Waals surface area contributed by atoms with E-state index in [9.17, 15) is 0 Å². The molecule has 1 heterocycles. The number of aryl methyl sites for hydroxylation is 2. The van der Waals surface area contributed by atoms with Crippen LogP contribution in [0.15, 0.2) is 65.1 Å². The van der Waals surface area contributed by atoms with Crippen LogP contribution in [0.5, 0.6) is 5.75 Å². The van der Waals surface area contributed by atoms with Crippen LogP contribution in [0.3, 0.4) is 0 Å². The van der Waals surface area contributed by atoms with Crippen molar-refractivity contribution in [2.45, 2.75) is 12.8 Å². The smallest absolute Gasteiger partial charge is 0.367 e. The standard InChI is InChI=1S/C22H17O2/c1-23-17-9-10-18-15(12-17)8-11-21-20(18)13-16-7-6-14-4-2-3-5-19(14)22(16)24-21/h2-7,9-10,12-13H,8,11H2,1H3/q+1. The summed E-state index contributed by atoms with van der Waals surface area (Å²) in [6.07, 6.45) is 1.91. The van der Waals surface area contributed by atoms with Crippen molar-refractivity contribution in [1.82, 2.24) is 0 Å². The van der Waals surface area contributed by atoms with Crippen molar-refractivity contribution in [2.75, 3.05) is 7.11 Å². The first-order chi connectivity index (χ1) is 11.8. The predicted octanol–water partition coefficient (Wildman–Crippen LogP) is 5.64. The van der Waals surface area contributed by atoms with Gasteiger partial charge in [0.25, 0.3) is 0 Å². The van der Waals surface area contributed by atoms with Crippen LogP contribution in [0.1, 0.15) is 11.3 Å². The van der Waals surface area contributed by atoms with Gasteiger partial charge < -0.3 is 4.74 Å². The van der Waals surface area contributed by atoms with Crippen molar-refractivity contribution in [3.63, 3.8) is 0 Å². The molecule has 0 amide bonds. The minimum atomic E-state index is 0.918. The highest BCUT2D eigenvalue weighted by Crippen LogP contribution is 2.39. The second kappa shape index (κ2) is 5.07. The Bertz CT molecular complexity index is 1100. The minimum absolute atomic E-state index is 0.918. The van der Waals surface area contributed by atoms with Crippen LogP contribution >= 0.6 is 0 Å². The topological polar surface area (TPSA) is 20.5 Å².